The maximum absolute atomic E-state index is 12.5. The molecular weight excluding hydrogens is 356 g/mol. The molecule has 0 aliphatic heterocycles. The number of halogens is 1. The Morgan fingerprint density at radius 1 is 1.23 bits per heavy atom. The molecule has 2 aromatic rings. The number of rotatable bonds is 7. The third-order valence-corrected chi connectivity index (χ3v) is 3.85. The van der Waals surface area contributed by atoms with E-state index in [4.69, 9.17) is 11.6 Å². The highest BCUT2D eigenvalue weighted by molar-refractivity contribution is 6.34. The molecule has 0 saturated carbocycles. The summed E-state index contributed by atoms with van der Waals surface area (Å²) in [7, 11) is 5.26. The molecule has 0 spiro atoms. The van der Waals surface area contributed by atoms with Gasteiger partial charge in [0.15, 0.2) is 0 Å². The maximum atomic E-state index is 12.5. The van der Waals surface area contributed by atoms with E-state index in [0.717, 1.165) is 18.8 Å². The first kappa shape index (κ1) is 19.7. The van der Waals surface area contributed by atoms with Crippen molar-refractivity contribution in [3.05, 3.63) is 52.8 Å². The molecule has 0 saturated heterocycles. The Bertz CT molecular complexity index is 796. The average molecular weight is 377 g/mol. The first-order valence-electron chi connectivity index (χ1n) is 7.94. The molecule has 1 amide bonds. The Kier molecular flexibility index (Phi) is 6.94. The van der Waals surface area contributed by atoms with Gasteiger partial charge in [-0.05, 0) is 44.4 Å². The molecule has 1 aromatic heterocycles. The Labute approximate surface area is 157 Å². The second kappa shape index (κ2) is 9.17. The van der Waals surface area contributed by atoms with Crippen molar-refractivity contribution in [2.75, 3.05) is 44.9 Å². The molecule has 0 unspecified atom stereocenters. The number of hydrogen-bond acceptors (Lipinski definition) is 6. The number of ether oxygens (including phenoxy) is 1. The number of methoxy groups -OCH3 is 1. The lowest BCUT2D eigenvalue weighted by molar-refractivity contribution is 0.0600. The zero-order valence-corrected chi connectivity index (χ0v) is 15.6. The van der Waals surface area contributed by atoms with Crippen molar-refractivity contribution >= 4 is 34.9 Å². The second-order valence-electron chi connectivity index (χ2n) is 5.80. The first-order valence-corrected chi connectivity index (χ1v) is 8.32. The SMILES string of the molecule is COC(=O)c1ccc(Cl)c(NC(=O)c2cc(NCCN(C)C)ccn2)c1. The molecule has 0 aliphatic rings. The van der Waals surface area contributed by atoms with Crippen LogP contribution in [-0.2, 0) is 4.74 Å². The number of anilines is 2. The lowest BCUT2D eigenvalue weighted by atomic mass is 10.2. The highest BCUT2D eigenvalue weighted by Gasteiger charge is 2.13. The van der Waals surface area contributed by atoms with E-state index in [0.29, 0.717) is 16.3 Å². The van der Waals surface area contributed by atoms with Gasteiger partial charge in [0.25, 0.3) is 5.91 Å². The van der Waals surface area contributed by atoms with Gasteiger partial charge in [-0.1, -0.05) is 11.6 Å². The predicted molar refractivity (Wildman–Crippen MR) is 102 cm³/mol. The lowest BCUT2D eigenvalue weighted by Gasteiger charge is -2.12. The summed E-state index contributed by atoms with van der Waals surface area (Å²) in [4.78, 5) is 30.2. The zero-order valence-electron chi connectivity index (χ0n) is 14.9. The van der Waals surface area contributed by atoms with Gasteiger partial charge in [-0.25, -0.2) is 4.79 Å². The number of pyridine rings is 1. The molecule has 1 aromatic carbocycles. The number of carbonyl (C=O) groups is 2. The Morgan fingerprint density at radius 2 is 2.00 bits per heavy atom. The summed E-state index contributed by atoms with van der Waals surface area (Å²) in [6.07, 6.45) is 1.55. The number of nitrogens with one attached hydrogen (secondary N) is 2. The Morgan fingerprint density at radius 3 is 2.69 bits per heavy atom. The summed E-state index contributed by atoms with van der Waals surface area (Å²) in [5, 5.41) is 6.21. The van der Waals surface area contributed by atoms with Crippen LogP contribution in [0.1, 0.15) is 20.8 Å². The van der Waals surface area contributed by atoms with Crippen LogP contribution in [0.25, 0.3) is 0 Å². The highest BCUT2D eigenvalue weighted by Crippen LogP contribution is 2.24. The molecule has 0 aliphatic carbocycles. The van der Waals surface area contributed by atoms with Crippen LogP contribution in [-0.4, -0.2) is 56.1 Å². The van der Waals surface area contributed by atoms with Gasteiger partial charge in [0.2, 0.25) is 0 Å². The first-order chi connectivity index (χ1) is 12.4. The van der Waals surface area contributed by atoms with Gasteiger partial charge in [-0.3, -0.25) is 9.78 Å². The number of hydrogen-bond donors (Lipinski definition) is 2. The van der Waals surface area contributed by atoms with Crippen LogP contribution in [0.4, 0.5) is 11.4 Å². The van der Waals surface area contributed by atoms with Gasteiger partial charge in [-0.2, -0.15) is 0 Å². The second-order valence-corrected chi connectivity index (χ2v) is 6.21. The summed E-state index contributed by atoms with van der Waals surface area (Å²) in [5.74, 6) is -0.937. The predicted octanol–water partition coefficient (Wildman–Crippen LogP) is 2.75. The maximum Gasteiger partial charge on any atom is 0.337 e. The van der Waals surface area contributed by atoms with Crippen LogP contribution in [0.3, 0.4) is 0 Å². The van der Waals surface area contributed by atoms with Crippen molar-refractivity contribution < 1.29 is 14.3 Å². The van der Waals surface area contributed by atoms with E-state index in [1.54, 1.807) is 18.3 Å². The fourth-order valence-electron chi connectivity index (χ4n) is 2.14. The van der Waals surface area contributed by atoms with Gasteiger partial charge in [0.05, 0.1) is 23.4 Å². The van der Waals surface area contributed by atoms with Crippen LogP contribution < -0.4 is 10.6 Å². The van der Waals surface area contributed by atoms with Gasteiger partial charge in [-0.15, -0.1) is 0 Å². The quantitative estimate of drug-likeness (QED) is 0.723. The van der Waals surface area contributed by atoms with Crippen LogP contribution in [0.15, 0.2) is 36.5 Å². The summed E-state index contributed by atoms with van der Waals surface area (Å²) in [6.45, 7) is 1.60. The summed E-state index contributed by atoms with van der Waals surface area (Å²) < 4.78 is 4.67. The van der Waals surface area contributed by atoms with E-state index in [1.807, 2.05) is 14.1 Å². The van der Waals surface area contributed by atoms with Crippen molar-refractivity contribution in [3.63, 3.8) is 0 Å². The van der Waals surface area contributed by atoms with Crippen LogP contribution in [0, 0.1) is 0 Å². The smallest absolute Gasteiger partial charge is 0.337 e. The number of carbonyl (C=O) groups excluding carboxylic acids is 2. The number of aromatic nitrogens is 1. The largest absolute Gasteiger partial charge is 0.465 e. The third kappa shape index (κ3) is 5.44. The third-order valence-electron chi connectivity index (χ3n) is 3.52. The van der Waals surface area contributed by atoms with Crippen molar-refractivity contribution in [2.24, 2.45) is 0 Å². The fourth-order valence-corrected chi connectivity index (χ4v) is 2.31. The van der Waals surface area contributed by atoms with E-state index in [1.165, 1.54) is 25.3 Å². The molecule has 2 rings (SSSR count). The number of amides is 1. The monoisotopic (exact) mass is 376 g/mol. The van der Waals surface area contributed by atoms with E-state index in [-0.39, 0.29) is 5.69 Å². The molecule has 138 valence electrons. The molecule has 2 N–H and O–H groups in total. The highest BCUT2D eigenvalue weighted by atomic mass is 35.5. The van der Waals surface area contributed by atoms with E-state index in [9.17, 15) is 9.59 Å². The Hall–Kier alpha value is -2.64. The minimum atomic E-state index is -0.512. The molecular formula is C18H21ClN4O3. The number of nitrogens with zero attached hydrogens (tertiary/aromatic N) is 2. The van der Waals surface area contributed by atoms with Gasteiger partial charge >= 0.3 is 5.97 Å². The summed E-state index contributed by atoms with van der Waals surface area (Å²) in [5.41, 5.74) is 1.63. The van der Waals surface area contributed by atoms with Crippen LogP contribution in [0.2, 0.25) is 5.02 Å². The lowest BCUT2D eigenvalue weighted by Crippen LogP contribution is -2.21. The number of likely N-dealkylation sites (N-methyl/N-ethyl adjacent to an activating group) is 1. The number of esters is 1. The summed E-state index contributed by atoms with van der Waals surface area (Å²) in [6, 6.07) is 7.96. The minimum absolute atomic E-state index is 0.236. The molecule has 26 heavy (non-hydrogen) atoms. The molecule has 0 fully saturated rings. The van der Waals surface area contributed by atoms with E-state index in [2.05, 4.69) is 25.3 Å². The standard InChI is InChI=1S/C18H21ClN4O3/c1-23(2)9-8-20-13-6-7-21-16(11-13)17(24)22-15-10-12(18(25)26-3)4-5-14(15)19/h4-7,10-11H,8-9H2,1-3H3,(H,20,21)(H,22,24). The van der Waals surface area contributed by atoms with Gasteiger partial charge in [0.1, 0.15) is 5.69 Å². The van der Waals surface area contributed by atoms with E-state index < -0.39 is 11.9 Å². The molecule has 1 heterocycles. The van der Waals surface area contributed by atoms with Crippen molar-refractivity contribution in [2.45, 2.75) is 0 Å². The Balaban J connectivity index is 2.11. The normalized spacial score (nSPS) is 10.5. The molecule has 0 bridgehead atoms. The zero-order chi connectivity index (χ0) is 19.1. The topological polar surface area (TPSA) is 83.6 Å². The summed E-state index contributed by atoms with van der Waals surface area (Å²) >= 11 is 6.10. The average Bonchev–Trinajstić information content (AvgIpc) is 2.62. The molecule has 8 heteroatoms. The van der Waals surface area contributed by atoms with Crippen molar-refractivity contribution in [1.82, 2.24) is 9.88 Å². The van der Waals surface area contributed by atoms with Crippen LogP contribution >= 0.6 is 11.6 Å². The molecule has 0 radical (unpaired) electrons. The molecule has 7 nitrogen and oxygen atoms in total. The molecule has 0 atom stereocenters. The van der Waals surface area contributed by atoms with Crippen molar-refractivity contribution in [3.8, 4) is 0 Å². The van der Waals surface area contributed by atoms with Gasteiger partial charge < -0.3 is 20.3 Å². The number of benzene rings is 1. The van der Waals surface area contributed by atoms with Crippen molar-refractivity contribution in [1.29, 1.82) is 0 Å². The van der Waals surface area contributed by atoms with E-state index >= 15 is 0 Å². The fraction of sp³-hybridized carbons (Fsp3) is 0.278. The van der Waals surface area contributed by atoms with Gasteiger partial charge in [0, 0.05) is 25.0 Å². The van der Waals surface area contributed by atoms with Crippen LogP contribution in [0.5, 0.6) is 0 Å². The minimum Gasteiger partial charge on any atom is -0.465 e.